The molecule has 1 atom stereocenters. The van der Waals surface area contributed by atoms with E-state index in [9.17, 15) is 8.42 Å². The third-order valence-electron chi connectivity index (χ3n) is 3.24. The first kappa shape index (κ1) is 14.8. The molecule has 2 heterocycles. The molecule has 0 aliphatic carbocycles. The fourth-order valence-corrected chi connectivity index (χ4v) is 3.38. The summed E-state index contributed by atoms with van der Waals surface area (Å²) in [5.41, 5.74) is 1.38. The van der Waals surface area contributed by atoms with Gasteiger partial charge in [-0.05, 0) is 42.8 Å². The molecule has 1 aliphatic heterocycles. The maximum absolute atomic E-state index is 12.2. The Hall–Kier alpha value is -2.12. The first-order valence-electron chi connectivity index (χ1n) is 6.54. The van der Waals surface area contributed by atoms with Crippen LogP contribution in [-0.4, -0.2) is 19.4 Å². The van der Waals surface area contributed by atoms with Gasteiger partial charge in [0.05, 0.1) is 11.7 Å². The Morgan fingerprint density at radius 1 is 1.23 bits per heavy atom. The first-order chi connectivity index (χ1) is 10.5. The second-order valence-electron chi connectivity index (χ2n) is 4.83. The fourth-order valence-electron chi connectivity index (χ4n) is 2.15. The van der Waals surface area contributed by atoms with Gasteiger partial charge in [-0.25, -0.2) is 0 Å². The lowest BCUT2D eigenvalue weighted by molar-refractivity contribution is 0.596. The minimum Gasteiger partial charge on any atom is -0.349 e. The van der Waals surface area contributed by atoms with E-state index in [2.05, 4.69) is 20.0 Å². The van der Waals surface area contributed by atoms with E-state index in [1.54, 1.807) is 18.5 Å². The number of hydrogen-bond donors (Lipinski definition) is 2. The lowest BCUT2D eigenvalue weighted by Crippen LogP contribution is -2.36. The number of aromatic nitrogens is 1. The van der Waals surface area contributed by atoms with Crippen molar-refractivity contribution in [2.45, 2.75) is 17.9 Å². The Morgan fingerprint density at radius 3 is 2.68 bits per heavy atom. The van der Waals surface area contributed by atoms with Crippen LogP contribution >= 0.6 is 11.6 Å². The largest absolute Gasteiger partial charge is 0.349 e. The maximum Gasteiger partial charge on any atom is 0.287 e. The molecule has 114 valence electrons. The van der Waals surface area contributed by atoms with E-state index in [-0.39, 0.29) is 16.9 Å². The van der Waals surface area contributed by atoms with Crippen molar-refractivity contribution >= 4 is 33.3 Å². The quantitative estimate of drug-likeness (QED) is 0.880. The molecule has 0 fully saturated rings. The van der Waals surface area contributed by atoms with Gasteiger partial charge in [-0.15, -0.1) is 4.40 Å². The lowest BCUT2D eigenvalue weighted by Gasteiger charge is -2.22. The molecule has 0 spiro atoms. The van der Waals surface area contributed by atoms with Crippen LogP contribution in [0.3, 0.4) is 0 Å². The van der Waals surface area contributed by atoms with Crippen LogP contribution in [0.5, 0.6) is 0 Å². The predicted molar refractivity (Wildman–Crippen MR) is 85.5 cm³/mol. The summed E-state index contributed by atoms with van der Waals surface area (Å²) in [5, 5.41) is 6.44. The normalized spacial score (nSPS) is 16.9. The highest BCUT2D eigenvalue weighted by molar-refractivity contribution is 7.90. The number of hydrogen-bond acceptors (Lipinski definition) is 5. The highest BCUT2D eigenvalue weighted by Crippen LogP contribution is 2.29. The summed E-state index contributed by atoms with van der Waals surface area (Å²) >= 11 is 5.92. The molecule has 1 aliphatic rings. The van der Waals surface area contributed by atoms with Crippen molar-refractivity contribution in [1.29, 1.82) is 0 Å². The highest BCUT2D eigenvalue weighted by Gasteiger charge is 2.25. The average molecular weight is 337 g/mol. The van der Waals surface area contributed by atoms with Gasteiger partial charge in [0.1, 0.15) is 4.90 Å². The Balaban J connectivity index is 1.89. The van der Waals surface area contributed by atoms with Crippen molar-refractivity contribution < 1.29 is 8.42 Å². The number of rotatable bonds is 2. The topological polar surface area (TPSA) is 83.5 Å². The van der Waals surface area contributed by atoms with Crippen LogP contribution < -0.4 is 10.6 Å². The molecule has 6 nitrogen and oxygen atoms in total. The van der Waals surface area contributed by atoms with Crippen LogP contribution in [0.15, 0.2) is 52.0 Å². The van der Waals surface area contributed by atoms with Gasteiger partial charge in [0, 0.05) is 17.4 Å². The van der Waals surface area contributed by atoms with Crippen molar-refractivity contribution in [2.24, 2.45) is 4.40 Å². The zero-order valence-electron chi connectivity index (χ0n) is 11.6. The molecule has 1 unspecified atom stereocenters. The molecule has 0 saturated heterocycles. The van der Waals surface area contributed by atoms with E-state index in [1.807, 2.05) is 19.1 Å². The SMILES string of the molecule is CC(NC1=NS(=O)(=O)c2ccc(Cl)cc2N1)c1ccncc1. The first-order valence-corrected chi connectivity index (χ1v) is 8.35. The average Bonchev–Trinajstić information content (AvgIpc) is 2.46. The van der Waals surface area contributed by atoms with Crippen LogP contribution in [0.2, 0.25) is 5.02 Å². The van der Waals surface area contributed by atoms with E-state index in [0.717, 1.165) is 5.56 Å². The summed E-state index contributed by atoms with van der Waals surface area (Å²) in [5.74, 6) is 0.166. The molecule has 8 heteroatoms. The maximum atomic E-state index is 12.2. The van der Waals surface area contributed by atoms with Crippen molar-refractivity contribution in [3.8, 4) is 0 Å². The molecule has 22 heavy (non-hydrogen) atoms. The van der Waals surface area contributed by atoms with E-state index in [0.29, 0.717) is 10.7 Å². The van der Waals surface area contributed by atoms with Crippen LogP contribution in [0, 0.1) is 0 Å². The summed E-state index contributed by atoms with van der Waals surface area (Å²) in [4.78, 5) is 4.06. The number of anilines is 1. The summed E-state index contributed by atoms with van der Waals surface area (Å²) in [7, 11) is -3.74. The van der Waals surface area contributed by atoms with Gasteiger partial charge in [0.2, 0.25) is 5.96 Å². The smallest absolute Gasteiger partial charge is 0.287 e. The molecule has 0 bridgehead atoms. The monoisotopic (exact) mass is 336 g/mol. The molecule has 2 N–H and O–H groups in total. The molecule has 0 saturated carbocycles. The Kier molecular flexibility index (Phi) is 3.76. The Bertz CT molecular complexity index is 837. The van der Waals surface area contributed by atoms with E-state index >= 15 is 0 Å². The number of benzene rings is 1. The standard InChI is InChI=1S/C14H13ClN4O2S/c1-9(10-4-6-16-7-5-10)17-14-18-12-8-11(15)2-3-13(12)22(20,21)19-14/h2-9H,1H3,(H2,17,18,19). The summed E-state index contributed by atoms with van der Waals surface area (Å²) in [6.07, 6.45) is 3.35. The number of nitrogens with one attached hydrogen (secondary N) is 2. The second-order valence-corrected chi connectivity index (χ2v) is 6.84. The third-order valence-corrected chi connectivity index (χ3v) is 4.81. The van der Waals surface area contributed by atoms with E-state index < -0.39 is 10.0 Å². The van der Waals surface area contributed by atoms with Gasteiger partial charge < -0.3 is 10.6 Å². The van der Waals surface area contributed by atoms with Crippen LogP contribution in [0.25, 0.3) is 0 Å². The number of sulfonamides is 1. The van der Waals surface area contributed by atoms with Crippen LogP contribution in [0.4, 0.5) is 5.69 Å². The molecular formula is C14H13ClN4O2S. The Labute approximate surface area is 133 Å². The number of nitrogens with zero attached hydrogens (tertiary/aromatic N) is 2. The fraction of sp³-hybridized carbons (Fsp3) is 0.143. The number of halogens is 1. The van der Waals surface area contributed by atoms with E-state index in [4.69, 9.17) is 11.6 Å². The number of guanidine groups is 1. The van der Waals surface area contributed by atoms with Gasteiger partial charge >= 0.3 is 0 Å². The third kappa shape index (κ3) is 2.90. The van der Waals surface area contributed by atoms with Gasteiger partial charge in [-0.3, -0.25) is 4.98 Å². The number of fused-ring (bicyclic) bond motifs is 1. The molecule has 3 rings (SSSR count). The van der Waals surface area contributed by atoms with Crippen molar-refractivity contribution in [3.05, 3.63) is 53.3 Å². The van der Waals surface area contributed by atoms with E-state index in [1.165, 1.54) is 12.1 Å². The van der Waals surface area contributed by atoms with Gasteiger partial charge in [0.15, 0.2) is 0 Å². The van der Waals surface area contributed by atoms with Gasteiger partial charge in [0.25, 0.3) is 10.0 Å². The summed E-state index contributed by atoms with van der Waals surface area (Å²) in [6.45, 7) is 1.90. The van der Waals surface area contributed by atoms with Crippen molar-refractivity contribution in [1.82, 2.24) is 10.3 Å². The highest BCUT2D eigenvalue weighted by atomic mass is 35.5. The minimum absolute atomic E-state index is 0.110. The van der Waals surface area contributed by atoms with Crippen LogP contribution in [-0.2, 0) is 10.0 Å². The van der Waals surface area contributed by atoms with Crippen molar-refractivity contribution in [3.63, 3.8) is 0 Å². The van der Waals surface area contributed by atoms with Crippen LogP contribution in [0.1, 0.15) is 18.5 Å². The summed E-state index contributed by atoms with van der Waals surface area (Å²) in [6, 6.07) is 8.08. The van der Waals surface area contributed by atoms with Gasteiger partial charge in [-0.2, -0.15) is 8.42 Å². The summed E-state index contributed by atoms with van der Waals surface area (Å²) < 4.78 is 28.1. The molecule has 1 aromatic heterocycles. The molecule has 0 radical (unpaired) electrons. The minimum atomic E-state index is -3.74. The molecule has 0 amide bonds. The second kappa shape index (κ2) is 5.58. The predicted octanol–water partition coefficient (Wildman–Crippen LogP) is 2.56. The zero-order chi connectivity index (χ0) is 15.7. The molecule has 2 aromatic rings. The molecule has 1 aromatic carbocycles. The zero-order valence-corrected chi connectivity index (χ0v) is 13.2. The lowest BCUT2D eigenvalue weighted by atomic mass is 10.1. The molecular weight excluding hydrogens is 324 g/mol. The Morgan fingerprint density at radius 2 is 1.95 bits per heavy atom. The van der Waals surface area contributed by atoms with Gasteiger partial charge in [-0.1, -0.05) is 11.6 Å². The number of pyridine rings is 1. The van der Waals surface area contributed by atoms with Crippen molar-refractivity contribution in [2.75, 3.05) is 5.32 Å².